The van der Waals surface area contributed by atoms with Crippen molar-refractivity contribution in [1.82, 2.24) is 4.57 Å². The smallest absolute Gasteiger partial charge is 0.250 e. The number of anilines is 1. The SMILES string of the molecule is Nc1ccccc1SCCn1ccccc1=O. The Morgan fingerprint density at radius 3 is 2.65 bits per heavy atom. The average Bonchev–Trinajstić information content (AvgIpc) is 2.34. The zero-order valence-electron chi connectivity index (χ0n) is 9.37. The zero-order chi connectivity index (χ0) is 12.1. The van der Waals surface area contributed by atoms with Crippen LogP contribution in [0.1, 0.15) is 0 Å². The van der Waals surface area contributed by atoms with E-state index < -0.39 is 0 Å². The lowest BCUT2D eigenvalue weighted by Gasteiger charge is -2.06. The summed E-state index contributed by atoms with van der Waals surface area (Å²) in [4.78, 5) is 12.5. The van der Waals surface area contributed by atoms with Crippen LogP contribution in [-0.2, 0) is 6.54 Å². The molecular formula is C13H14N2OS. The van der Waals surface area contributed by atoms with Gasteiger partial charge in [-0.25, -0.2) is 0 Å². The number of rotatable bonds is 4. The number of para-hydroxylation sites is 1. The highest BCUT2D eigenvalue weighted by Crippen LogP contribution is 2.24. The van der Waals surface area contributed by atoms with Gasteiger partial charge in [-0.15, -0.1) is 11.8 Å². The maximum atomic E-state index is 11.5. The molecule has 0 spiro atoms. The molecule has 1 heterocycles. The fraction of sp³-hybridized carbons (Fsp3) is 0.154. The molecule has 2 rings (SSSR count). The Hall–Kier alpha value is -1.68. The normalized spacial score (nSPS) is 10.4. The minimum Gasteiger partial charge on any atom is -0.398 e. The predicted octanol–water partition coefficient (Wildman–Crippen LogP) is 2.22. The highest BCUT2D eigenvalue weighted by atomic mass is 32.2. The predicted molar refractivity (Wildman–Crippen MR) is 72.3 cm³/mol. The molecule has 4 heteroatoms. The number of nitrogens with zero attached hydrogens (tertiary/aromatic N) is 1. The molecule has 0 radical (unpaired) electrons. The summed E-state index contributed by atoms with van der Waals surface area (Å²) in [6, 6.07) is 12.9. The molecule has 0 saturated carbocycles. The van der Waals surface area contributed by atoms with Gasteiger partial charge in [0.25, 0.3) is 5.56 Å². The van der Waals surface area contributed by atoms with E-state index in [-0.39, 0.29) is 5.56 Å². The first-order chi connectivity index (χ1) is 8.27. The van der Waals surface area contributed by atoms with Crippen LogP contribution < -0.4 is 11.3 Å². The molecule has 0 atom stereocenters. The Kier molecular flexibility index (Phi) is 3.88. The first kappa shape index (κ1) is 11.8. The fourth-order valence-corrected chi connectivity index (χ4v) is 2.43. The minimum atomic E-state index is 0.0362. The van der Waals surface area contributed by atoms with E-state index in [2.05, 4.69) is 0 Å². The van der Waals surface area contributed by atoms with Crippen molar-refractivity contribution in [3.05, 3.63) is 59.0 Å². The number of hydrogen-bond donors (Lipinski definition) is 1. The summed E-state index contributed by atoms with van der Waals surface area (Å²) in [5.41, 5.74) is 6.67. The second-order valence-corrected chi connectivity index (χ2v) is 4.76. The third-order valence-electron chi connectivity index (χ3n) is 2.41. The summed E-state index contributed by atoms with van der Waals surface area (Å²) in [6.07, 6.45) is 1.80. The third-order valence-corrected chi connectivity index (χ3v) is 3.48. The van der Waals surface area contributed by atoms with Gasteiger partial charge in [0.1, 0.15) is 0 Å². The number of nitrogen functional groups attached to an aromatic ring is 1. The maximum absolute atomic E-state index is 11.5. The van der Waals surface area contributed by atoms with Gasteiger partial charge in [-0.3, -0.25) is 4.79 Å². The molecule has 2 N–H and O–H groups in total. The average molecular weight is 246 g/mol. The van der Waals surface area contributed by atoms with Crippen LogP contribution in [0.2, 0.25) is 0 Å². The van der Waals surface area contributed by atoms with Crippen LogP contribution in [-0.4, -0.2) is 10.3 Å². The Morgan fingerprint density at radius 2 is 1.88 bits per heavy atom. The summed E-state index contributed by atoms with van der Waals surface area (Å²) >= 11 is 1.67. The molecule has 0 saturated heterocycles. The van der Waals surface area contributed by atoms with Crippen molar-refractivity contribution in [1.29, 1.82) is 0 Å². The van der Waals surface area contributed by atoms with Crippen molar-refractivity contribution in [3.8, 4) is 0 Å². The topological polar surface area (TPSA) is 48.0 Å². The molecule has 1 aromatic carbocycles. The Morgan fingerprint density at radius 1 is 1.12 bits per heavy atom. The molecule has 0 fully saturated rings. The standard InChI is InChI=1S/C13H14N2OS/c14-11-5-1-2-6-12(11)17-10-9-15-8-4-3-7-13(15)16/h1-8H,9-10,14H2. The largest absolute Gasteiger partial charge is 0.398 e. The van der Waals surface area contributed by atoms with Crippen LogP contribution in [0.4, 0.5) is 5.69 Å². The molecule has 2 aromatic rings. The van der Waals surface area contributed by atoms with E-state index in [1.54, 1.807) is 34.7 Å². The van der Waals surface area contributed by atoms with Gasteiger partial charge >= 0.3 is 0 Å². The third kappa shape index (κ3) is 3.14. The molecular weight excluding hydrogens is 232 g/mol. The number of aryl methyl sites for hydroxylation is 1. The van der Waals surface area contributed by atoms with Gasteiger partial charge in [0.05, 0.1) is 0 Å². The van der Waals surface area contributed by atoms with E-state index in [4.69, 9.17) is 5.73 Å². The lowest BCUT2D eigenvalue weighted by molar-refractivity contribution is 0.735. The molecule has 0 unspecified atom stereocenters. The summed E-state index contributed by atoms with van der Waals surface area (Å²) in [5.74, 6) is 0.831. The highest BCUT2D eigenvalue weighted by Gasteiger charge is 1.99. The van der Waals surface area contributed by atoms with Gasteiger partial charge in [0, 0.05) is 35.1 Å². The lowest BCUT2D eigenvalue weighted by Crippen LogP contribution is -2.18. The molecule has 17 heavy (non-hydrogen) atoms. The van der Waals surface area contributed by atoms with Crippen molar-refractivity contribution >= 4 is 17.4 Å². The number of hydrogen-bond acceptors (Lipinski definition) is 3. The Labute approximate surface area is 104 Å². The summed E-state index contributed by atoms with van der Waals surface area (Å²) in [6.45, 7) is 0.693. The van der Waals surface area contributed by atoms with Gasteiger partial charge in [-0.2, -0.15) is 0 Å². The summed E-state index contributed by atoms with van der Waals surface area (Å²) in [7, 11) is 0. The molecule has 88 valence electrons. The van der Waals surface area contributed by atoms with E-state index in [1.165, 1.54) is 0 Å². The van der Waals surface area contributed by atoms with Crippen LogP contribution in [0.25, 0.3) is 0 Å². The summed E-state index contributed by atoms with van der Waals surface area (Å²) in [5, 5.41) is 0. The van der Waals surface area contributed by atoms with Gasteiger partial charge < -0.3 is 10.3 Å². The molecule has 0 bridgehead atoms. The number of pyridine rings is 1. The minimum absolute atomic E-state index is 0.0362. The summed E-state index contributed by atoms with van der Waals surface area (Å²) < 4.78 is 1.70. The van der Waals surface area contributed by atoms with E-state index in [1.807, 2.05) is 30.3 Å². The van der Waals surface area contributed by atoms with E-state index >= 15 is 0 Å². The van der Waals surface area contributed by atoms with E-state index in [0.29, 0.717) is 6.54 Å². The van der Waals surface area contributed by atoms with Crippen molar-refractivity contribution in [2.24, 2.45) is 0 Å². The molecule has 0 aliphatic carbocycles. The van der Waals surface area contributed by atoms with Crippen molar-refractivity contribution in [2.75, 3.05) is 11.5 Å². The van der Waals surface area contributed by atoms with Crippen LogP contribution >= 0.6 is 11.8 Å². The van der Waals surface area contributed by atoms with Crippen molar-refractivity contribution in [3.63, 3.8) is 0 Å². The molecule has 3 nitrogen and oxygen atoms in total. The second-order valence-electron chi connectivity index (χ2n) is 3.62. The number of aromatic nitrogens is 1. The first-order valence-corrected chi connectivity index (χ1v) is 6.39. The second kappa shape index (κ2) is 5.59. The van der Waals surface area contributed by atoms with Crippen LogP contribution in [0.15, 0.2) is 58.4 Å². The number of benzene rings is 1. The van der Waals surface area contributed by atoms with Crippen LogP contribution in [0.3, 0.4) is 0 Å². The van der Waals surface area contributed by atoms with Crippen LogP contribution in [0.5, 0.6) is 0 Å². The molecule has 1 aromatic heterocycles. The Bertz CT molecular complexity index is 551. The van der Waals surface area contributed by atoms with Gasteiger partial charge in [-0.05, 0) is 18.2 Å². The van der Waals surface area contributed by atoms with Gasteiger partial charge in [-0.1, -0.05) is 18.2 Å². The number of nitrogens with two attached hydrogens (primary N) is 1. The monoisotopic (exact) mass is 246 g/mol. The van der Waals surface area contributed by atoms with Gasteiger partial charge in [0.2, 0.25) is 0 Å². The number of thioether (sulfide) groups is 1. The lowest BCUT2D eigenvalue weighted by atomic mass is 10.3. The van der Waals surface area contributed by atoms with Gasteiger partial charge in [0.15, 0.2) is 0 Å². The van der Waals surface area contributed by atoms with Crippen molar-refractivity contribution < 1.29 is 0 Å². The Balaban J connectivity index is 1.95. The highest BCUT2D eigenvalue weighted by molar-refractivity contribution is 7.99. The zero-order valence-corrected chi connectivity index (χ0v) is 10.2. The molecule has 0 aliphatic heterocycles. The maximum Gasteiger partial charge on any atom is 0.250 e. The van der Waals surface area contributed by atoms with Crippen LogP contribution in [0, 0.1) is 0 Å². The fourth-order valence-electron chi connectivity index (χ4n) is 1.51. The molecule has 0 aliphatic rings. The first-order valence-electron chi connectivity index (χ1n) is 5.40. The van der Waals surface area contributed by atoms with E-state index in [0.717, 1.165) is 16.3 Å². The van der Waals surface area contributed by atoms with Crippen molar-refractivity contribution in [2.45, 2.75) is 11.4 Å². The molecule has 0 amide bonds. The van der Waals surface area contributed by atoms with E-state index in [9.17, 15) is 4.79 Å². The quantitative estimate of drug-likeness (QED) is 0.664.